The van der Waals surface area contributed by atoms with Gasteiger partial charge in [0.05, 0.1) is 19.1 Å². The third-order valence-corrected chi connectivity index (χ3v) is 4.00. The topological polar surface area (TPSA) is 63.6 Å². The molecule has 0 saturated heterocycles. The van der Waals surface area contributed by atoms with Crippen LogP contribution in [0.4, 0.5) is 0 Å². The highest BCUT2D eigenvalue weighted by molar-refractivity contribution is 5.90. The lowest BCUT2D eigenvalue weighted by molar-refractivity contribution is -0.137. The molecule has 1 aromatic rings. The van der Waals surface area contributed by atoms with Gasteiger partial charge in [0.2, 0.25) is 0 Å². The summed E-state index contributed by atoms with van der Waals surface area (Å²) in [5, 5.41) is 9.04. The fourth-order valence-corrected chi connectivity index (χ4v) is 2.63. The Balaban J connectivity index is 2.48. The maximum absolute atomic E-state index is 11.7. The summed E-state index contributed by atoms with van der Waals surface area (Å²) in [5.74, 6) is -1.17. The highest BCUT2D eigenvalue weighted by atomic mass is 16.5. The molecule has 1 N–H and O–H groups in total. The predicted molar refractivity (Wildman–Crippen MR) is 70.4 cm³/mol. The third-order valence-electron chi connectivity index (χ3n) is 4.00. The van der Waals surface area contributed by atoms with Crippen LogP contribution < -0.4 is 0 Å². The molecule has 1 saturated carbocycles. The van der Waals surface area contributed by atoms with Crippen molar-refractivity contribution in [3.8, 4) is 0 Å². The van der Waals surface area contributed by atoms with Gasteiger partial charge >= 0.3 is 11.9 Å². The van der Waals surface area contributed by atoms with Crippen LogP contribution in [0.5, 0.6) is 0 Å². The van der Waals surface area contributed by atoms with Gasteiger partial charge < -0.3 is 9.84 Å². The Morgan fingerprint density at radius 1 is 1.32 bits per heavy atom. The molecular weight excluding hydrogens is 244 g/mol. The minimum absolute atomic E-state index is 0.123. The summed E-state index contributed by atoms with van der Waals surface area (Å²) in [5.41, 5.74) is 3.26. The van der Waals surface area contributed by atoms with E-state index in [9.17, 15) is 9.59 Å². The maximum Gasteiger partial charge on any atom is 0.337 e. The van der Waals surface area contributed by atoms with Gasteiger partial charge in [-0.3, -0.25) is 4.79 Å². The van der Waals surface area contributed by atoms with Crippen LogP contribution in [-0.4, -0.2) is 24.2 Å². The van der Waals surface area contributed by atoms with Crippen molar-refractivity contribution in [1.29, 1.82) is 0 Å². The van der Waals surface area contributed by atoms with E-state index < -0.39 is 5.97 Å². The van der Waals surface area contributed by atoms with E-state index in [2.05, 4.69) is 0 Å². The monoisotopic (exact) mass is 262 g/mol. The highest BCUT2D eigenvalue weighted by Gasteiger charge is 2.47. The number of esters is 1. The summed E-state index contributed by atoms with van der Waals surface area (Å²) in [6.07, 6.45) is 1.85. The van der Waals surface area contributed by atoms with Gasteiger partial charge in [-0.05, 0) is 55.5 Å². The van der Waals surface area contributed by atoms with Crippen molar-refractivity contribution in [1.82, 2.24) is 0 Å². The second-order valence-corrected chi connectivity index (χ2v) is 5.31. The van der Waals surface area contributed by atoms with Gasteiger partial charge in [-0.25, -0.2) is 4.79 Å². The number of carbonyl (C=O) groups excluding carboxylic acids is 1. The lowest BCUT2D eigenvalue weighted by atomic mass is 9.85. The molecule has 0 bridgehead atoms. The predicted octanol–water partition coefficient (Wildman–Crippen LogP) is 2.60. The molecule has 0 radical (unpaired) electrons. The number of carbonyl (C=O) groups is 2. The van der Waals surface area contributed by atoms with E-state index in [1.165, 1.54) is 7.11 Å². The molecule has 4 heteroatoms. The standard InChI is InChI=1S/C15H18O4/c1-9-6-11(14(18)19-3)7-12(10(9)2)15(4-5-15)8-13(16)17/h6-7H,4-5,8H2,1-3H3,(H,16,17). The number of rotatable bonds is 4. The number of carboxylic acid groups (broad SMARTS) is 1. The summed E-state index contributed by atoms with van der Waals surface area (Å²) in [4.78, 5) is 22.7. The quantitative estimate of drug-likeness (QED) is 0.847. The number of carboxylic acids is 1. The molecule has 1 aromatic carbocycles. The number of methoxy groups -OCH3 is 1. The Kier molecular flexibility index (Phi) is 3.35. The molecule has 1 fully saturated rings. The average Bonchev–Trinajstić information content (AvgIpc) is 3.11. The number of aliphatic carboxylic acids is 1. The summed E-state index contributed by atoms with van der Waals surface area (Å²) in [6, 6.07) is 3.59. The molecule has 0 heterocycles. The van der Waals surface area contributed by atoms with Gasteiger partial charge in [-0.1, -0.05) is 0 Å². The van der Waals surface area contributed by atoms with Crippen LogP contribution in [-0.2, 0) is 14.9 Å². The third kappa shape index (κ3) is 2.48. The zero-order valence-electron chi connectivity index (χ0n) is 11.4. The molecule has 19 heavy (non-hydrogen) atoms. The van der Waals surface area contributed by atoms with Crippen LogP contribution >= 0.6 is 0 Å². The Labute approximate surface area is 112 Å². The Morgan fingerprint density at radius 3 is 2.42 bits per heavy atom. The summed E-state index contributed by atoms with van der Waals surface area (Å²) in [6.45, 7) is 3.91. The van der Waals surface area contributed by atoms with Gasteiger partial charge in [0, 0.05) is 5.41 Å². The summed E-state index contributed by atoms with van der Waals surface area (Å²) >= 11 is 0. The van der Waals surface area contributed by atoms with Crippen LogP contribution in [0.2, 0.25) is 0 Å². The number of ether oxygens (including phenoxy) is 1. The zero-order chi connectivity index (χ0) is 14.2. The Hall–Kier alpha value is -1.84. The van der Waals surface area contributed by atoms with Gasteiger partial charge in [0.25, 0.3) is 0 Å². The first-order valence-corrected chi connectivity index (χ1v) is 6.31. The molecule has 0 spiro atoms. The number of hydrogen-bond acceptors (Lipinski definition) is 3. The molecule has 4 nitrogen and oxygen atoms in total. The minimum Gasteiger partial charge on any atom is -0.481 e. The van der Waals surface area contributed by atoms with E-state index in [1.807, 2.05) is 13.8 Å². The van der Waals surface area contributed by atoms with Crippen molar-refractivity contribution < 1.29 is 19.4 Å². The van der Waals surface area contributed by atoms with Crippen molar-refractivity contribution in [3.63, 3.8) is 0 Å². The molecule has 2 rings (SSSR count). The zero-order valence-corrected chi connectivity index (χ0v) is 11.4. The highest BCUT2D eigenvalue weighted by Crippen LogP contribution is 2.52. The second kappa shape index (κ2) is 4.68. The van der Waals surface area contributed by atoms with Crippen molar-refractivity contribution >= 4 is 11.9 Å². The molecule has 1 aliphatic rings. The van der Waals surface area contributed by atoms with E-state index in [0.29, 0.717) is 5.56 Å². The molecule has 0 aliphatic heterocycles. The Morgan fingerprint density at radius 2 is 1.95 bits per heavy atom. The first kappa shape index (κ1) is 13.6. The molecule has 0 amide bonds. The fourth-order valence-electron chi connectivity index (χ4n) is 2.63. The van der Waals surface area contributed by atoms with Crippen LogP contribution in [0.15, 0.2) is 12.1 Å². The van der Waals surface area contributed by atoms with E-state index in [1.54, 1.807) is 12.1 Å². The van der Waals surface area contributed by atoms with Gasteiger partial charge in [-0.2, -0.15) is 0 Å². The van der Waals surface area contributed by atoms with E-state index in [4.69, 9.17) is 9.84 Å². The lowest BCUT2D eigenvalue weighted by Crippen LogP contribution is -2.16. The molecule has 0 unspecified atom stereocenters. The van der Waals surface area contributed by atoms with E-state index >= 15 is 0 Å². The molecule has 0 aromatic heterocycles. The van der Waals surface area contributed by atoms with Crippen LogP contribution in [0.3, 0.4) is 0 Å². The van der Waals surface area contributed by atoms with Gasteiger partial charge in [0.15, 0.2) is 0 Å². The van der Waals surface area contributed by atoms with E-state index in [0.717, 1.165) is 29.5 Å². The summed E-state index contributed by atoms with van der Waals surface area (Å²) < 4.78 is 4.75. The van der Waals surface area contributed by atoms with Gasteiger partial charge in [-0.15, -0.1) is 0 Å². The first-order valence-electron chi connectivity index (χ1n) is 6.31. The molecular formula is C15H18O4. The smallest absolute Gasteiger partial charge is 0.337 e. The van der Waals surface area contributed by atoms with Crippen molar-refractivity contribution in [3.05, 3.63) is 34.4 Å². The second-order valence-electron chi connectivity index (χ2n) is 5.31. The van der Waals surface area contributed by atoms with Crippen LogP contribution in [0, 0.1) is 13.8 Å². The number of hydrogen-bond donors (Lipinski definition) is 1. The lowest BCUT2D eigenvalue weighted by Gasteiger charge is -2.19. The molecule has 102 valence electrons. The van der Waals surface area contributed by atoms with E-state index in [-0.39, 0.29) is 17.8 Å². The first-order chi connectivity index (χ1) is 8.89. The normalized spacial score (nSPS) is 15.9. The van der Waals surface area contributed by atoms with Crippen LogP contribution in [0.1, 0.15) is 46.3 Å². The average molecular weight is 262 g/mol. The maximum atomic E-state index is 11.7. The Bertz CT molecular complexity index is 541. The van der Waals surface area contributed by atoms with Crippen molar-refractivity contribution in [2.75, 3.05) is 7.11 Å². The van der Waals surface area contributed by atoms with Crippen LogP contribution in [0.25, 0.3) is 0 Å². The van der Waals surface area contributed by atoms with Crippen molar-refractivity contribution in [2.24, 2.45) is 0 Å². The van der Waals surface area contributed by atoms with Gasteiger partial charge in [0.1, 0.15) is 0 Å². The van der Waals surface area contributed by atoms with Crippen molar-refractivity contribution in [2.45, 2.75) is 38.5 Å². The largest absolute Gasteiger partial charge is 0.481 e. The fraction of sp³-hybridized carbons (Fsp3) is 0.467. The molecule has 0 atom stereocenters. The summed E-state index contributed by atoms with van der Waals surface area (Å²) in [7, 11) is 1.35. The minimum atomic E-state index is -0.793. The molecule has 1 aliphatic carbocycles. The number of aryl methyl sites for hydroxylation is 1. The number of benzene rings is 1. The SMILES string of the molecule is COC(=O)c1cc(C)c(C)c(C2(CC(=O)O)CC2)c1.